The van der Waals surface area contributed by atoms with Crippen molar-refractivity contribution in [1.29, 1.82) is 0 Å². The van der Waals surface area contributed by atoms with Gasteiger partial charge in [0.2, 0.25) is 0 Å². The molecule has 0 aliphatic carbocycles. The van der Waals surface area contributed by atoms with E-state index in [1.54, 1.807) is 12.3 Å². The van der Waals surface area contributed by atoms with Crippen LogP contribution in [0.3, 0.4) is 0 Å². The second-order valence-electron chi connectivity index (χ2n) is 6.58. The molecule has 0 saturated carbocycles. The van der Waals surface area contributed by atoms with Gasteiger partial charge in [-0.05, 0) is 36.1 Å². The summed E-state index contributed by atoms with van der Waals surface area (Å²) in [6.45, 7) is 5.40. The number of nitrogens with zero attached hydrogens (tertiary/aromatic N) is 1. The zero-order valence-electron chi connectivity index (χ0n) is 16.5. The van der Waals surface area contributed by atoms with Crippen molar-refractivity contribution in [3.63, 3.8) is 0 Å². The number of hydrogen-bond donors (Lipinski definition) is 1. The lowest BCUT2D eigenvalue weighted by Crippen LogP contribution is -2.07. The van der Waals surface area contributed by atoms with E-state index in [-0.39, 0.29) is 5.75 Å². The minimum absolute atomic E-state index is 0.201. The molecule has 0 radical (unpaired) electrons. The summed E-state index contributed by atoms with van der Waals surface area (Å²) in [4.78, 5) is 4.29. The lowest BCUT2D eigenvalue weighted by atomic mass is 10.1. The van der Waals surface area contributed by atoms with E-state index in [4.69, 9.17) is 9.47 Å². The Morgan fingerprint density at radius 1 is 1.00 bits per heavy atom. The second kappa shape index (κ2) is 10.1. The Balaban J connectivity index is 1.56. The molecule has 0 aliphatic rings. The van der Waals surface area contributed by atoms with Crippen LogP contribution in [0.15, 0.2) is 48.0 Å². The molecule has 0 atom stereocenters. The Morgan fingerprint density at radius 2 is 1.79 bits per heavy atom. The van der Waals surface area contributed by atoms with Gasteiger partial charge in [0.25, 0.3) is 0 Å². The average Bonchev–Trinajstić information content (AvgIpc) is 3.24. The number of aromatic nitrogens is 1. The summed E-state index contributed by atoms with van der Waals surface area (Å²) in [7, 11) is 0. The van der Waals surface area contributed by atoms with Crippen LogP contribution in [0.25, 0.3) is 10.6 Å². The Morgan fingerprint density at radius 3 is 2.50 bits per heavy atom. The van der Waals surface area contributed by atoms with Gasteiger partial charge in [-0.15, -0.1) is 11.3 Å². The smallest absolute Gasteiger partial charge is 0.129 e. The van der Waals surface area contributed by atoms with Crippen molar-refractivity contribution in [2.75, 3.05) is 13.2 Å². The summed E-state index contributed by atoms with van der Waals surface area (Å²) in [6, 6.07) is 11.9. The van der Waals surface area contributed by atoms with Gasteiger partial charge in [-0.1, -0.05) is 38.5 Å². The van der Waals surface area contributed by atoms with Gasteiger partial charge in [0.05, 0.1) is 18.8 Å². The number of aryl methyl sites for hydroxylation is 2. The van der Waals surface area contributed by atoms with Crippen molar-refractivity contribution in [2.45, 2.75) is 39.5 Å². The summed E-state index contributed by atoms with van der Waals surface area (Å²) in [5.74, 6) is 1.89. The van der Waals surface area contributed by atoms with Gasteiger partial charge >= 0.3 is 0 Å². The monoisotopic (exact) mass is 397 g/mol. The molecule has 2 aromatic carbocycles. The van der Waals surface area contributed by atoms with E-state index >= 15 is 0 Å². The fraction of sp³-hybridized carbons (Fsp3) is 0.348. The van der Waals surface area contributed by atoms with Gasteiger partial charge in [-0.25, -0.2) is 4.98 Å². The standard InChI is InChI=1S/C23H27NO3S/c1-3-8-18-9-5-6-10-21(18)26-12-7-13-27-22-16-20(25)19(15-17(22)4-2)23-24-11-14-28-23/h5-6,9-11,14-16,25H,3-4,7-8,12-13H2,1-2H3. The third kappa shape index (κ3) is 5.04. The van der Waals surface area contributed by atoms with Crippen LogP contribution < -0.4 is 9.47 Å². The number of rotatable bonds is 10. The van der Waals surface area contributed by atoms with Crippen LogP contribution in [0, 0.1) is 0 Å². The molecular formula is C23H27NO3S. The molecule has 0 saturated heterocycles. The first-order valence-corrected chi connectivity index (χ1v) is 10.7. The molecule has 1 heterocycles. The van der Waals surface area contributed by atoms with E-state index in [0.29, 0.717) is 13.2 Å². The molecular weight excluding hydrogens is 370 g/mol. The first-order valence-electron chi connectivity index (χ1n) is 9.82. The van der Waals surface area contributed by atoms with Crippen molar-refractivity contribution in [3.05, 3.63) is 59.1 Å². The molecule has 0 aliphatic heterocycles. The fourth-order valence-electron chi connectivity index (χ4n) is 3.10. The highest BCUT2D eigenvalue weighted by atomic mass is 32.1. The number of hydrogen-bond acceptors (Lipinski definition) is 5. The molecule has 1 N–H and O–H groups in total. The number of benzene rings is 2. The molecule has 4 nitrogen and oxygen atoms in total. The fourth-order valence-corrected chi connectivity index (χ4v) is 3.76. The van der Waals surface area contributed by atoms with Crippen LogP contribution in [0.5, 0.6) is 17.2 Å². The summed E-state index contributed by atoms with van der Waals surface area (Å²) < 4.78 is 11.9. The number of phenols is 1. The molecule has 0 unspecified atom stereocenters. The Hall–Kier alpha value is -2.53. The van der Waals surface area contributed by atoms with Crippen LogP contribution in [-0.4, -0.2) is 23.3 Å². The molecule has 0 fully saturated rings. The highest BCUT2D eigenvalue weighted by Gasteiger charge is 2.13. The highest BCUT2D eigenvalue weighted by Crippen LogP contribution is 2.36. The van der Waals surface area contributed by atoms with Gasteiger partial charge in [-0.3, -0.25) is 0 Å². The van der Waals surface area contributed by atoms with Crippen LogP contribution in [0.1, 0.15) is 37.8 Å². The van der Waals surface area contributed by atoms with Gasteiger partial charge < -0.3 is 14.6 Å². The van der Waals surface area contributed by atoms with Crippen molar-refractivity contribution in [2.24, 2.45) is 0 Å². The zero-order valence-corrected chi connectivity index (χ0v) is 17.3. The number of ether oxygens (including phenoxy) is 2. The number of phenolic OH excluding ortho intramolecular Hbond substituents is 1. The minimum atomic E-state index is 0.201. The van der Waals surface area contributed by atoms with E-state index in [1.165, 1.54) is 16.9 Å². The van der Waals surface area contributed by atoms with Gasteiger partial charge in [0.15, 0.2) is 0 Å². The quantitative estimate of drug-likeness (QED) is 0.434. The minimum Gasteiger partial charge on any atom is -0.507 e. The summed E-state index contributed by atoms with van der Waals surface area (Å²) >= 11 is 1.51. The maximum absolute atomic E-state index is 10.4. The summed E-state index contributed by atoms with van der Waals surface area (Å²) in [5, 5.41) is 13.1. The van der Waals surface area contributed by atoms with Crippen LogP contribution in [0.4, 0.5) is 0 Å². The molecule has 1 aromatic heterocycles. The van der Waals surface area contributed by atoms with E-state index in [2.05, 4.69) is 31.0 Å². The largest absolute Gasteiger partial charge is 0.507 e. The predicted molar refractivity (Wildman–Crippen MR) is 115 cm³/mol. The SMILES string of the molecule is CCCc1ccccc1OCCCOc1cc(O)c(-c2nccs2)cc1CC. The topological polar surface area (TPSA) is 51.6 Å². The summed E-state index contributed by atoms with van der Waals surface area (Å²) in [5.41, 5.74) is 3.08. The summed E-state index contributed by atoms with van der Waals surface area (Å²) in [6.07, 6.45) is 5.47. The average molecular weight is 398 g/mol. The van der Waals surface area contributed by atoms with Gasteiger partial charge in [0, 0.05) is 24.1 Å². The van der Waals surface area contributed by atoms with E-state index in [9.17, 15) is 5.11 Å². The lowest BCUT2D eigenvalue weighted by Gasteiger charge is -2.14. The van der Waals surface area contributed by atoms with Crippen molar-refractivity contribution < 1.29 is 14.6 Å². The van der Waals surface area contributed by atoms with Crippen LogP contribution >= 0.6 is 11.3 Å². The molecule has 0 bridgehead atoms. The molecule has 3 aromatic rings. The number of aromatic hydroxyl groups is 1. The van der Waals surface area contributed by atoms with E-state index in [0.717, 1.165) is 53.3 Å². The Kier molecular flexibility index (Phi) is 7.31. The van der Waals surface area contributed by atoms with E-state index < -0.39 is 0 Å². The first kappa shape index (κ1) is 20.2. The molecule has 0 spiro atoms. The maximum Gasteiger partial charge on any atom is 0.129 e. The van der Waals surface area contributed by atoms with E-state index in [1.807, 2.05) is 23.6 Å². The van der Waals surface area contributed by atoms with Crippen molar-refractivity contribution in [3.8, 4) is 27.8 Å². The lowest BCUT2D eigenvalue weighted by molar-refractivity contribution is 0.244. The third-order valence-electron chi connectivity index (χ3n) is 4.52. The molecule has 5 heteroatoms. The molecule has 28 heavy (non-hydrogen) atoms. The second-order valence-corrected chi connectivity index (χ2v) is 7.47. The van der Waals surface area contributed by atoms with Crippen molar-refractivity contribution >= 4 is 11.3 Å². The normalized spacial score (nSPS) is 10.8. The highest BCUT2D eigenvalue weighted by molar-refractivity contribution is 7.13. The zero-order chi connectivity index (χ0) is 19.8. The van der Waals surface area contributed by atoms with Gasteiger partial charge in [-0.2, -0.15) is 0 Å². The molecule has 3 rings (SSSR count). The third-order valence-corrected chi connectivity index (χ3v) is 5.32. The number of thiazole rings is 1. The van der Waals surface area contributed by atoms with Crippen LogP contribution in [0.2, 0.25) is 0 Å². The maximum atomic E-state index is 10.4. The predicted octanol–water partition coefficient (Wildman–Crippen LogP) is 5.88. The van der Waals surface area contributed by atoms with Gasteiger partial charge in [0.1, 0.15) is 22.3 Å². The number of para-hydroxylation sites is 1. The first-order chi connectivity index (χ1) is 13.7. The van der Waals surface area contributed by atoms with Crippen LogP contribution in [-0.2, 0) is 12.8 Å². The molecule has 0 amide bonds. The Labute approximate surface area is 170 Å². The molecule has 148 valence electrons. The van der Waals surface area contributed by atoms with Crippen molar-refractivity contribution in [1.82, 2.24) is 4.98 Å². The Bertz CT molecular complexity index is 878.